The number of amides is 2. The van der Waals surface area contributed by atoms with Crippen molar-refractivity contribution in [1.29, 1.82) is 0 Å². The van der Waals surface area contributed by atoms with Gasteiger partial charge < -0.3 is 14.5 Å². The summed E-state index contributed by atoms with van der Waals surface area (Å²) in [5, 5.41) is 2.63. The fraction of sp³-hybridized carbons (Fsp3) is 0.538. The zero-order valence-corrected chi connectivity index (χ0v) is 12.1. The van der Waals surface area contributed by atoms with E-state index in [0.29, 0.717) is 32.1 Å². The molecule has 1 fully saturated rings. The number of rotatable bonds is 4. The van der Waals surface area contributed by atoms with Crippen LogP contribution in [0.5, 0.6) is 0 Å². The minimum absolute atomic E-state index is 0.0872. The molecule has 0 radical (unpaired) electrons. The first-order valence-corrected chi connectivity index (χ1v) is 6.70. The van der Waals surface area contributed by atoms with Crippen LogP contribution in [0.4, 0.5) is 0 Å². The van der Waals surface area contributed by atoms with Crippen molar-refractivity contribution in [1.82, 2.24) is 15.6 Å². The summed E-state index contributed by atoms with van der Waals surface area (Å²) in [5.41, 5.74) is 2.88. The van der Waals surface area contributed by atoms with E-state index in [0.717, 1.165) is 5.56 Å². The van der Waals surface area contributed by atoms with Crippen molar-refractivity contribution in [2.75, 3.05) is 26.8 Å². The highest BCUT2D eigenvalue weighted by molar-refractivity contribution is 5.91. The first-order valence-electron chi connectivity index (χ1n) is 6.70. The fourth-order valence-corrected chi connectivity index (χ4v) is 2.31. The van der Waals surface area contributed by atoms with Crippen LogP contribution in [0, 0.1) is 6.92 Å². The maximum atomic E-state index is 11.9. The lowest BCUT2D eigenvalue weighted by Crippen LogP contribution is -2.52. The third-order valence-electron chi connectivity index (χ3n) is 3.54. The van der Waals surface area contributed by atoms with Crippen LogP contribution in [0.3, 0.4) is 0 Å². The molecule has 1 atom stereocenters. The number of hydrogen-bond acceptors (Lipinski definition) is 6. The van der Waals surface area contributed by atoms with Crippen molar-refractivity contribution >= 4 is 11.8 Å². The van der Waals surface area contributed by atoms with Crippen LogP contribution in [-0.4, -0.2) is 49.6 Å². The zero-order valence-electron chi connectivity index (χ0n) is 12.1. The van der Waals surface area contributed by atoms with E-state index in [2.05, 4.69) is 5.32 Å². The molecule has 0 saturated carbocycles. The summed E-state index contributed by atoms with van der Waals surface area (Å²) < 4.78 is 10.7. The molecule has 0 bridgehead atoms. The molecule has 1 aliphatic heterocycles. The second-order valence-electron chi connectivity index (χ2n) is 4.84. The Morgan fingerprint density at radius 3 is 2.95 bits per heavy atom. The Kier molecular flexibility index (Phi) is 4.94. The van der Waals surface area contributed by atoms with Gasteiger partial charge >= 0.3 is 5.91 Å². The normalized spacial score (nSPS) is 19.3. The Morgan fingerprint density at radius 1 is 1.52 bits per heavy atom. The molecule has 8 nitrogen and oxygen atoms in total. The third kappa shape index (κ3) is 3.41. The molecule has 1 saturated heterocycles. The van der Waals surface area contributed by atoms with Gasteiger partial charge in [-0.2, -0.15) is 0 Å². The summed E-state index contributed by atoms with van der Waals surface area (Å²) in [7, 11) is 1.60. The van der Waals surface area contributed by atoms with Crippen molar-refractivity contribution in [2.24, 2.45) is 5.84 Å². The number of hydrogen-bond donors (Lipinski definition) is 3. The number of furan rings is 1. The molecule has 1 aromatic heterocycles. The maximum Gasteiger partial charge on any atom is 0.300 e. The van der Waals surface area contributed by atoms with E-state index < -0.39 is 5.91 Å². The number of carbonyl (C=O) groups is 2. The lowest BCUT2D eigenvalue weighted by Gasteiger charge is -2.34. The van der Waals surface area contributed by atoms with Crippen LogP contribution in [0.15, 0.2) is 10.5 Å². The van der Waals surface area contributed by atoms with Gasteiger partial charge in [-0.1, -0.05) is 0 Å². The molecular weight excluding hydrogens is 276 g/mol. The molecule has 1 unspecified atom stereocenters. The largest absolute Gasteiger partial charge is 0.456 e. The predicted octanol–water partition coefficient (Wildman–Crippen LogP) is -0.862. The van der Waals surface area contributed by atoms with Crippen LogP contribution in [0.1, 0.15) is 21.9 Å². The Balaban J connectivity index is 2.13. The van der Waals surface area contributed by atoms with Gasteiger partial charge in [0.2, 0.25) is 5.91 Å². The van der Waals surface area contributed by atoms with Crippen molar-refractivity contribution in [3.63, 3.8) is 0 Å². The number of hydrazine groups is 1. The summed E-state index contributed by atoms with van der Waals surface area (Å²) in [6.07, 6.45) is 0. The molecule has 0 aliphatic carbocycles. The summed E-state index contributed by atoms with van der Waals surface area (Å²) in [6.45, 7) is 3.85. The number of morpholine rings is 1. The van der Waals surface area contributed by atoms with Gasteiger partial charge in [0.15, 0.2) is 5.76 Å². The number of nitrogens with one attached hydrogen (secondary N) is 2. The Labute approximate surface area is 122 Å². The summed E-state index contributed by atoms with van der Waals surface area (Å²) in [6, 6.07) is 1.30. The Hall–Kier alpha value is -1.90. The molecule has 1 aromatic rings. The highest BCUT2D eigenvalue weighted by atomic mass is 16.5. The SMILES string of the molecule is CNC(=O)C1COCCN1Cc1cc(C(=O)NN)oc1C. The van der Waals surface area contributed by atoms with Gasteiger partial charge in [-0.25, -0.2) is 5.84 Å². The molecule has 1 aliphatic rings. The minimum atomic E-state index is -0.478. The van der Waals surface area contributed by atoms with Crippen molar-refractivity contribution in [3.05, 3.63) is 23.2 Å². The van der Waals surface area contributed by atoms with E-state index in [9.17, 15) is 9.59 Å². The van der Waals surface area contributed by atoms with Crippen LogP contribution < -0.4 is 16.6 Å². The average molecular weight is 296 g/mol. The van der Waals surface area contributed by atoms with E-state index in [-0.39, 0.29) is 17.7 Å². The quantitative estimate of drug-likeness (QED) is 0.379. The smallest absolute Gasteiger partial charge is 0.300 e. The van der Waals surface area contributed by atoms with Crippen LogP contribution in [0.25, 0.3) is 0 Å². The van der Waals surface area contributed by atoms with Gasteiger partial charge in [0.25, 0.3) is 0 Å². The zero-order chi connectivity index (χ0) is 15.4. The number of aryl methyl sites for hydroxylation is 1. The topological polar surface area (TPSA) is 110 Å². The number of nitrogen functional groups attached to an aromatic ring is 1. The van der Waals surface area contributed by atoms with Crippen molar-refractivity contribution in [3.8, 4) is 0 Å². The molecule has 21 heavy (non-hydrogen) atoms. The predicted molar refractivity (Wildman–Crippen MR) is 74.2 cm³/mol. The Morgan fingerprint density at radius 2 is 2.29 bits per heavy atom. The lowest BCUT2D eigenvalue weighted by molar-refractivity contribution is -0.132. The van der Waals surface area contributed by atoms with Gasteiger partial charge in [0.05, 0.1) is 13.2 Å². The van der Waals surface area contributed by atoms with E-state index in [1.165, 1.54) is 0 Å². The van der Waals surface area contributed by atoms with Gasteiger partial charge in [-0.3, -0.25) is 19.9 Å². The van der Waals surface area contributed by atoms with E-state index in [4.69, 9.17) is 15.0 Å². The van der Waals surface area contributed by atoms with E-state index >= 15 is 0 Å². The molecule has 2 amide bonds. The first kappa shape index (κ1) is 15.5. The number of nitrogens with zero attached hydrogens (tertiary/aromatic N) is 1. The molecule has 2 heterocycles. The average Bonchev–Trinajstić information content (AvgIpc) is 2.87. The molecule has 0 aromatic carbocycles. The van der Waals surface area contributed by atoms with Gasteiger partial charge in [0.1, 0.15) is 11.8 Å². The highest BCUT2D eigenvalue weighted by Gasteiger charge is 2.29. The molecule has 0 spiro atoms. The van der Waals surface area contributed by atoms with Gasteiger partial charge in [-0.15, -0.1) is 0 Å². The number of likely N-dealkylation sites (N-methyl/N-ethyl adjacent to an activating group) is 1. The Bertz CT molecular complexity index is 528. The molecule has 2 rings (SSSR count). The number of ether oxygens (including phenoxy) is 1. The minimum Gasteiger partial charge on any atom is -0.456 e. The first-order chi connectivity index (χ1) is 10.1. The standard InChI is InChI=1S/C13H20N4O4/c1-8-9(5-11(21-8)13(19)16-14)6-17-3-4-20-7-10(17)12(18)15-2/h5,10H,3-4,6-7,14H2,1-2H3,(H,15,18)(H,16,19). The van der Waals surface area contributed by atoms with E-state index in [1.807, 2.05) is 10.3 Å². The second kappa shape index (κ2) is 6.70. The van der Waals surface area contributed by atoms with E-state index in [1.54, 1.807) is 20.0 Å². The molecule has 4 N–H and O–H groups in total. The molecule has 8 heteroatoms. The maximum absolute atomic E-state index is 11.9. The number of nitrogens with two attached hydrogens (primary N) is 1. The summed E-state index contributed by atoms with van der Waals surface area (Å²) in [4.78, 5) is 25.3. The van der Waals surface area contributed by atoms with Crippen molar-refractivity contribution in [2.45, 2.75) is 19.5 Å². The van der Waals surface area contributed by atoms with Crippen LogP contribution in [-0.2, 0) is 16.1 Å². The highest BCUT2D eigenvalue weighted by Crippen LogP contribution is 2.19. The molecular formula is C13H20N4O4. The molecule has 116 valence electrons. The van der Waals surface area contributed by atoms with Crippen LogP contribution in [0.2, 0.25) is 0 Å². The monoisotopic (exact) mass is 296 g/mol. The van der Waals surface area contributed by atoms with Gasteiger partial charge in [-0.05, 0) is 13.0 Å². The summed E-state index contributed by atoms with van der Waals surface area (Å²) >= 11 is 0. The lowest BCUT2D eigenvalue weighted by atomic mass is 10.1. The van der Waals surface area contributed by atoms with Crippen LogP contribution >= 0.6 is 0 Å². The fourth-order valence-electron chi connectivity index (χ4n) is 2.31. The van der Waals surface area contributed by atoms with Gasteiger partial charge in [0, 0.05) is 25.7 Å². The second-order valence-corrected chi connectivity index (χ2v) is 4.84. The third-order valence-corrected chi connectivity index (χ3v) is 3.54. The number of carbonyl (C=O) groups excluding carboxylic acids is 2. The summed E-state index contributed by atoms with van der Waals surface area (Å²) in [5.74, 6) is 5.32. The van der Waals surface area contributed by atoms with Crippen molar-refractivity contribution < 1.29 is 18.7 Å².